The minimum atomic E-state index is -4.35. The van der Waals surface area contributed by atoms with Crippen LogP contribution in [-0.2, 0) is 18.2 Å². The fraction of sp³-hybridized carbons (Fsp3) is 0.467. The van der Waals surface area contributed by atoms with E-state index in [1.165, 1.54) is 39.4 Å². The van der Waals surface area contributed by atoms with E-state index in [9.17, 15) is 13.2 Å². The maximum absolute atomic E-state index is 12.4. The molecule has 282 valence electrons. The van der Waals surface area contributed by atoms with Crippen molar-refractivity contribution in [2.75, 3.05) is 7.11 Å². The summed E-state index contributed by atoms with van der Waals surface area (Å²) in [5, 5.41) is 9.82. The smallest absolute Gasteiger partial charge is 0.416 e. The predicted octanol–water partition coefficient (Wildman–Crippen LogP) is 14.3. The first-order valence-electron chi connectivity index (χ1n) is 17.8. The van der Waals surface area contributed by atoms with Gasteiger partial charge in [0, 0.05) is 5.02 Å². The molecule has 0 unspecified atom stereocenters. The van der Waals surface area contributed by atoms with Gasteiger partial charge in [-0.25, -0.2) is 0 Å². The summed E-state index contributed by atoms with van der Waals surface area (Å²) in [4.78, 5) is 0. The lowest BCUT2D eigenvalue weighted by Gasteiger charge is -2.19. The Bertz CT molecular complexity index is 1610. The molecule has 4 rings (SSSR count). The Hall–Kier alpha value is -3.28. The van der Waals surface area contributed by atoms with Crippen molar-refractivity contribution in [1.29, 1.82) is 0 Å². The summed E-state index contributed by atoms with van der Waals surface area (Å²) in [6.45, 7) is 27.6. The van der Waals surface area contributed by atoms with Crippen molar-refractivity contribution >= 4 is 11.6 Å². The van der Waals surface area contributed by atoms with Gasteiger partial charge in [-0.2, -0.15) is 13.2 Å². The molecule has 0 atom stereocenters. The highest BCUT2D eigenvalue weighted by atomic mass is 35.5. The van der Waals surface area contributed by atoms with Crippen LogP contribution in [-0.4, -0.2) is 12.2 Å². The molecule has 4 aromatic carbocycles. The summed E-state index contributed by atoms with van der Waals surface area (Å²) in [6.07, 6.45) is -4.35. The molecule has 0 aliphatic heterocycles. The van der Waals surface area contributed by atoms with Crippen LogP contribution in [0.2, 0.25) is 5.02 Å². The molecular formula is C45H62ClF3O2. The molecule has 4 aromatic rings. The molecular weight excluding hydrogens is 665 g/mol. The standard InChI is InChI=1S/C13H20.C11H13F3O.C11H16O.C10H13Cl/c1-10(2)11-6-8-12(9-7-11)13(3,4)5;1-7(2)10-4-3-9(11(12,13)14)5-8(10)6-15;1-8(2)11-6-5-10(12-4)7-9(11)3;1-7(2)10-5-4-9(11)6-8(10)3/h6-10H,1-5H3;3-5,7,15H,6H2,1-2H3;5-8H,1-4H3;4-7H,1-3H3. The lowest BCUT2D eigenvalue weighted by molar-refractivity contribution is -0.137. The van der Waals surface area contributed by atoms with Gasteiger partial charge in [-0.05, 0) is 124 Å². The third kappa shape index (κ3) is 15.5. The molecule has 51 heavy (non-hydrogen) atoms. The number of hydrogen-bond donors (Lipinski definition) is 1. The zero-order valence-corrected chi connectivity index (χ0v) is 34.1. The first-order chi connectivity index (χ1) is 23.5. The summed E-state index contributed by atoms with van der Waals surface area (Å²) >= 11 is 5.82. The zero-order valence-electron chi connectivity index (χ0n) is 33.4. The molecule has 0 heterocycles. The zero-order chi connectivity index (χ0) is 39.3. The first kappa shape index (κ1) is 45.7. The molecule has 6 heteroatoms. The third-order valence-electron chi connectivity index (χ3n) is 8.66. The van der Waals surface area contributed by atoms with Crippen molar-refractivity contribution in [3.63, 3.8) is 0 Å². The number of aryl methyl sites for hydroxylation is 2. The summed E-state index contributed by atoms with van der Waals surface area (Å²) in [5.74, 6) is 2.86. The topological polar surface area (TPSA) is 29.5 Å². The van der Waals surface area contributed by atoms with E-state index < -0.39 is 11.7 Å². The summed E-state index contributed by atoms with van der Waals surface area (Å²) < 4.78 is 42.2. The number of hydrogen-bond acceptors (Lipinski definition) is 2. The molecule has 1 N–H and O–H groups in total. The van der Waals surface area contributed by atoms with Crippen LogP contribution in [0.1, 0.15) is 150 Å². The van der Waals surface area contributed by atoms with E-state index in [4.69, 9.17) is 21.4 Å². The fourth-order valence-corrected chi connectivity index (χ4v) is 5.79. The molecule has 0 spiro atoms. The van der Waals surface area contributed by atoms with Gasteiger partial charge in [-0.3, -0.25) is 0 Å². The van der Waals surface area contributed by atoms with E-state index in [1.54, 1.807) is 7.11 Å². The fourth-order valence-electron chi connectivity index (χ4n) is 5.56. The molecule has 0 aliphatic carbocycles. The molecule has 0 fully saturated rings. The number of methoxy groups -OCH3 is 1. The van der Waals surface area contributed by atoms with Crippen molar-refractivity contribution in [3.05, 3.63) is 134 Å². The molecule has 0 amide bonds. The number of benzene rings is 4. The van der Waals surface area contributed by atoms with Crippen molar-refractivity contribution < 1.29 is 23.0 Å². The second-order valence-electron chi connectivity index (χ2n) is 15.3. The number of alkyl halides is 3. The van der Waals surface area contributed by atoms with Gasteiger partial charge in [0.2, 0.25) is 0 Å². The molecule has 0 aliphatic rings. The van der Waals surface area contributed by atoms with Crippen LogP contribution >= 0.6 is 11.6 Å². The Labute approximate surface area is 312 Å². The lowest BCUT2D eigenvalue weighted by atomic mass is 9.86. The maximum atomic E-state index is 12.4. The van der Waals surface area contributed by atoms with Crippen LogP contribution < -0.4 is 4.74 Å². The maximum Gasteiger partial charge on any atom is 0.416 e. The Morgan fingerprint density at radius 3 is 1.43 bits per heavy atom. The van der Waals surface area contributed by atoms with E-state index in [1.807, 2.05) is 32.0 Å². The highest BCUT2D eigenvalue weighted by Gasteiger charge is 2.31. The van der Waals surface area contributed by atoms with Crippen molar-refractivity contribution in [3.8, 4) is 5.75 Å². The van der Waals surface area contributed by atoms with Crippen molar-refractivity contribution in [2.45, 2.75) is 132 Å². The predicted molar refractivity (Wildman–Crippen MR) is 213 cm³/mol. The summed E-state index contributed by atoms with van der Waals surface area (Å²) in [7, 11) is 1.70. The molecule has 0 radical (unpaired) electrons. The lowest BCUT2D eigenvalue weighted by Crippen LogP contribution is -2.10. The normalized spacial score (nSPS) is 11.4. The van der Waals surface area contributed by atoms with Gasteiger partial charge < -0.3 is 9.84 Å². The average molecular weight is 727 g/mol. The first-order valence-corrected chi connectivity index (χ1v) is 18.2. The molecule has 2 nitrogen and oxygen atoms in total. The van der Waals surface area contributed by atoms with Crippen LogP contribution in [0.25, 0.3) is 0 Å². The SMILES string of the molecule is CC(C)c1ccc(C(C)(C)C)cc1.CC(C)c1ccc(C(F)(F)F)cc1CO.COc1ccc(C(C)C)c(C)c1.Cc1cc(Cl)ccc1C(C)C. The largest absolute Gasteiger partial charge is 0.497 e. The highest BCUT2D eigenvalue weighted by molar-refractivity contribution is 6.30. The van der Waals surface area contributed by atoms with Crippen LogP contribution in [0.15, 0.2) is 78.9 Å². The van der Waals surface area contributed by atoms with E-state index in [2.05, 4.69) is 119 Å². The van der Waals surface area contributed by atoms with Gasteiger partial charge in [0.1, 0.15) is 5.75 Å². The number of ether oxygens (including phenoxy) is 1. The minimum absolute atomic E-state index is 0.106. The third-order valence-corrected chi connectivity index (χ3v) is 8.89. The highest BCUT2D eigenvalue weighted by Crippen LogP contribution is 2.32. The Morgan fingerprint density at radius 2 is 1.06 bits per heavy atom. The second-order valence-corrected chi connectivity index (χ2v) is 15.7. The summed E-state index contributed by atoms with van der Waals surface area (Å²) in [6, 6.07) is 24.8. The molecule has 0 bridgehead atoms. The van der Waals surface area contributed by atoms with E-state index in [0.717, 1.165) is 28.5 Å². The van der Waals surface area contributed by atoms with Crippen LogP contribution in [0, 0.1) is 13.8 Å². The molecule has 0 aromatic heterocycles. The molecule has 0 saturated carbocycles. The number of aliphatic hydroxyl groups is 1. The van der Waals surface area contributed by atoms with Crippen LogP contribution in [0.3, 0.4) is 0 Å². The van der Waals surface area contributed by atoms with Crippen molar-refractivity contribution in [2.24, 2.45) is 0 Å². The van der Waals surface area contributed by atoms with Gasteiger partial charge in [-0.15, -0.1) is 0 Å². The summed E-state index contributed by atoms with van der Waals surface area (Å²) in [5.41, 5.74) is 8.88. The van der Waals surface area contributed by atoms with E-state index >= 15 is 0 Å². The second kappa shape index (κ2) is 20.7. The number of aliphatic hydroxyl groups excluding tert-OH is 1. The average Bonchev–Trinajstić information content (AvgIpc) is 3.04. The number of rotatable bonds is 6. The van der Waals surface area contributed by atoms with E-state index in [0.29, 0.717) is 23.3 Å². The Morgan fingerprint density at radius 1 is 0.608 bits per heavy atom. The van der Waals surface area contributed by atoms with E-state index in [-0.39, 0.29) is 17.9 Å². The number of halogens is 4. The monoisotopic (exact) mass is 726 g/mol. The molecule has 0 saturated heterocycles. The van der Waals surface area contributed by atoms with Crippen molar-refractivity contribution in [1.82, 2.24) is 0 Å². The quantitative estimate of drug-likeness (QED) is 0.214. The van der Waals surface area contributed by atoms with Crippen LogP contribution in [0.5, 0.6) is 5.75 Å². The van der Waals surface area contributed by atoms with Gasteiger partial charge >= 0.3 is 6.18 Å². The Balaban J connectivity index is 0.000000342. The Kier molecular flexibility index (Phi) is 18.5. The van der Waals surface area contributed by atoms with Gasteiger partial charge in [-0.1, -0.05) is 130 Å². The van der Waals surface area contributed by atoms with Crippen LogP contribution in [0.4, 0.5) is 13.2 Å². The van der Waals surface area contributed by atoms with Gasteiger partial charge in [0.15, 0.2) is 0 Å². The van der Waals surface area contributed by atoms with Gasteiger partial charge in [0.25, 0.3) is 0 Å². The van der Waals surface area contributed by atoms with Gasteiger partial charge in [0.05, 0.1) is 19.3 Å². The minimum Gasteiger partial charge on any atom is -0.497 e.